The summed E-state index contributed by atoms with van der Waals surface area (Å²) in [7, 11) is 0. The average Bonchev–Trinajstić information content (AvgIpc) is 2.18. The minimum atomic E-state index is -0.0919. The van der Waals surface area contributed by atoms with Crippen molar-refractivity contribution in [1.29, 1.82) is 0 Å². The molecule has 0 aliphatic carbocycles. The minimum absolute atomic E-state index is 0.0919. The molecule has 0 aliphatic heterocycles. The Morgan fingerprint density at radius 2 is 2.14 bits per heavy atom. The van der Waals surface area contributed by atoms with Crippen LogP contribution in [-0.2, 0) is 0 Å². The fourth-order valence-corrected chi connectivity index (χ4v) is 1.35. The van der Waals surface area contributed by atoms with E-state index in [4.69, 9.17) is 0 Å². The highest BCUT2D eigenvalue weighted by atomic mass is 16.1. The maximum Gasteiger partial charge on any atom is 0.248 e. The monoisotopic (exact) mass is 186 g/mol. The van der Waals surface area contributed by atoms with Crippen LogP contribution in [0.5, 0.6) is 0 Å². The first-order valence-electron chi connectivity index (χ1n) is 4.38. The summed E-state index contributed by atoms with van der Waals surface area (Å²) in [6, 6.07) is 7.02. The molecule has 0 saturated heterocycles. The van der Waals surface area contributed by atoms with Crippen LogP contribution in [0, 0.1) is 6.92 Å². The van der Waals surface area contributed by atoms with Gasteiger partial charge >= 0.3 is 0 Å². The van der Waals surface area contributed by atoms with Crippen LogP contribution in [0.25, 0.3) is 11.3 Å². The van der Waals surface area contributed by atoms with E-state index in [-0.39, 0.29) is 5.56 Å². The highest BCUT2D eigenvalue weighted by Crippen LogP contribution is 2.17. The van der Waals surface area contributed by atoms with Gasteiger partial charge in [-0.25, -0.2) is 0 Å². The lowest BCUT2D eigenvalue weighted by Crippen LogP contribution is -2.04. The topological polar surface area (TPSA) is 45.8 Å². The molecule has 3 heteroatoms. The molecule has 3 nitrogen and oxygen atoms in total. The van der Waals surface area contributed by atoms with Crippen molar-refractivity contribution in [2.75, 3.05) is 0 Å². The number of rotatable bonds is 1. The van der Waals surface area contributed by atoms with Crippen molar-refractivity contribution in [3.8, 4) is 11.3 Å². The molecular weight excluding hydrogens is 176 g/mol. The van der Waals surface area contributed by atoms with E-state index in [1.807, 2.05) is 19.1 Å². The van der Waals surface area contributed by atoms with Gasteiger partial charge in [-0.3, -0.25) is 9.78 Å². The number of pyridine rings is 2. The highest BCUT2D eigenvalue weighted by Gasteiger charge is 2.00. The second-order valence-electron chi connectivity index (χ2n) is 3.12. The molecule has 0 bridgehead atoms. The van der Waals surface area contributed by atoms with E-state index in [9.17, 15) is 4.79 Å². The van der Waals surface area contributed by atoms with Crippen molar-refractivity contribution in [3.05, 3.63) is 52.6 Å². The van der Waals surface area contributed by atoms with Crippen LogP contribution in [0.15, 0.2) is 41.5 Å². The van der Waals surface area contributed by atoms with Gasteiger partial charge in [-0.15, -0.1) is 0 Å². The van der Waals surface area contributed by atoms with E-state index in [0.29, 0.717) is 0 Å². The Kier molecular flexibility index (Phi) is 2.14. The number of hydrogen-bond donors (Lipinski definition) is 1. The second-order valence-corrected chi connectivity index (χ2v) is 3.12. The zero-order valence-corrected chi connectivity index (χ0v) is 7.82. The fourth-order valence-electron chi connectivity index (χ4n) is 1.35. The maximum absolute atomic E-state index is 11.1. The Morgan fingerprint density at radius 3 is 2.86 bits per heavy atom. The molecule has 2 aromatic heterocycles. The zero-order valence-electron chi connectivity index (χ0n) is 7.82. The lowest BCUT2D eigenvalue weighted by atomic mass is 10.1. The summed E-state index contributed by atoms with van der Waals surface area (Å²) in [6.07, 6.45) is 3.49. The number of H-pyrrole nitrogens is 1. The van der Waals surface area contributed by atoms with Crippen LogP contribution in [0.4, 0.5) is 0 Å². The Labute approximate surface area is 81.5 Å². The van der Waals surface area contributed by atoms with Gasteiger partial charge in [-0.2, -0.15) is 0 Å². The third-order valence-corrected chi connectivity index (χ3v) is 2.10. The number of aromatic amines is 1. The molecule has 0 radical (unpaired) electrons. The zero-order chi connectivity index (χ0) is 9.97. The normalized spacial score (nSPS) is 10.1. The lowest BCUT2D eigenvalue weighted by molar-refractivity contribution is 1.21. The van der Waals surface area contributed by atoms with E-state index in [2.05, 4.69) is 9.97 Å². The number of nitrogens with one attached hydrogen (secondary N) is 1. The van der Waals surface area contributed by atoms with Gasteiger partial charge in [-0.05, 0) is 24.6 Å². The van der Waals surface area contributed by atoms with Gasteiger partial charge in [0.15, 0.2) is 0 Å². The molecule has 0 unspecified atom stereocenters. The van der Waals surface area contributed by atoms with Crippen molar-refractivity contribution in [3.63, 3.8) is 0 Å². The van der Waals surface area contributed by atoms with Crippen LogP contribution in [0.1, 0.15) is 5.56 Å². The van der Waals surface area contributed by atoms with Crippen molar-refractivity contribution in [1.82, 2.24) is 9.97 Å². The summed E-state index contributed by atoms with van der Waals surface area (Å²) < 4.78 is 0. The first-order valence-corrected chi connectivity index (χ1v) is 4.38. The van der Waals surface area contributed by atoms with E-state index >= 15 is 0 Å². The summed E-state index contributed by atoms with van der Waals surface area (Å²) in [5, 5.41) is 0. The van der Waals surface area contributed by atoms with Crippen molar-refractivity contribution >= 4 is 0 Å². The first-order chi connectivity index (χ1) is 6.77. The quantitative estimate of drug-likeness (QED) is 0.737. The molecule has 0 amide bonds. The molecule has 0 aliphatic rings. The molecule has 0 fully saturated rings. The molecular formula is C11H10N2O. The highest BCUT2D eigenvalue weighted by molar-refractivity contribution is 5.61. The molecule has 0 atom stereocenters. The molecule has 0 aromatic carbocycles. The van der Waals surface area contributed by atoms with Crippen LogP contribution in [-0.4, -0.2) is 9.97 Å². The predicted octanol–water partition coefficient (Wildman–Crippen LogP) is 1.75. The van der Waals surface area contributed by atoms with Gasteiger partial charge in [0, 0.05) is 24.0 Å². The van der Waals surface area contributed by atoms with Gasteiger partial charge < -0.3 is 4.98 Å². The molecule has 2 heterocycles. The summed E-state index contributed by atoms with van der Waals surface area (Å²) in [5.74, 6) is 0. The Balaban J connectivity index is 2.61. The predicted molar refractivity (Wildman–Crippen MR) is 55.0 cm³/mol. The van der Waals surface area contributed by atoms with E-state index < -0.39 is 0 Å². The number of nitrogens with zero attached hydrogens (tertiary/aromatic N) is 1. The summed E-state index contributed by atoms with van der Waals surface area (Å²) in [6.45, 7) is 1.99. The van der Waals surface area contributed by atoms with Gasteiger partial charge in [0.1, 0.15) is 0 Å². The average molecular weight is 186 g/mol. The molecule has 0 spiro atoms. The molecule has 1 N–H and O–H groups in total. The van der Waals surface area contributed by atoms with Crippen molar-refractivity contribution in [2.24, 2.45) is 0 Å². The molecule has 2 aromatic rings. The lowest BCUT2D eigenvalue weighted by Gasteiger charge is -2.03. The van der Waals surface area contributed by atoms with Crippen LogP contribution in [0.3, 0.4) is 0 Å². The van der Waals surface area contributed by atoms with Gasteiger partial charge in [0.25, 0.3) is 0 Å². The minimum Gasteiger partial charge on any atom is -0.322 e. The largest absolute Gasteiger partial charge is 0.322 e. The molecule has 0 saturated carbocycles. The second kappa shape index (κ2) is 3.46. The Bertz CT molecular complexity index is 502. The summed E-state index contributed by atoms with van der Waals surface area (Å²) in [5.41, 5.74) is 2.78. The molecule has 14 heavy (non-hydrogen) atoms. The fraction of sp³-hybridized carbons (Fsp3) is 0.0909. The van der Waals surface area contributed by atoms with Crippen LogP contribution < -0.4 is 5.56 Å². The van der Waals surface area contributed by atoms with Gasteiger partial charge in [-0.1, -0.05) is 6.07 Å². The Hall–Kier alpha value is -1.90. The summed E-state index contributed by atoms with van der Waals surface area (Å²) >= 11 is 0. The standard InChI is InChI=1S/C11H10N2O/c1-8-5-6-12-7-9(8)10-3-2-4-11(14)13-10/h2-7H,1H3,(H,13,14). The number of aryl methyl sites for hydroxylation is 1. The first kappa shape index (κ1) is 8.69. The van der Waals surface area contributed by atoms with E-state index in [1.165, 1.54) is 6.07 Å². The van der Waals surface area contributed by atoms with E-state index in [1.54, 1.807) is 18.5 Å². The van der Waals surface area contributed by atoms with Crippen LogP contribution >= 0.6 is 0 Å². The third-order valence-electron chi connectivity index (χ3n) is 2.10. The summed E-state index contributed by atoms with van der Waals surface area (Å²) in [4.78, 5) is 17.9. The smallest absolute Gasteiger partial charge is 0.248 e. The maximum atomic E-state index is 11.1. The van der Waals surface area contributed by atoms with Gasteiger partial charge in [0.2, 0.25) is 5.56 Å². The van der Waals surface area contributed by atoms with Crippen molar-refractivity contribution < 1.29 is 0 Å². The molecule has 70 valence electrons. The Morgan fingerprint density at radius 1 is 1.29 bits per heavy atom. The van der Waals surface area contributed by atoms with Crippen molar-refractivity contribution in [2.45, 2.75) is 6.92 Å². The third kappa shape index (κ3) is 1.57. The van der Waals surface area contributed by atoms with Gasteiger partial charge in [0.05, 0.1) is 5.69 Å². The van der Waals surface area contributed by atoms with Crippen LogP contribution in [0.2, 0.25) is 0 Å². The molecule has 2 rings (SSSR count). The SMILES string of the molecule is Cc1ccncc1-c1cccc(=O)[nH]1. The number of hydrogen-bond acceptors (Lipinski definition) is 2. The van der Waals surface area contributed by atoms with E-state index in [0.717, 1.165) is 16.8 Å². The number of aromatic nitrogens is 2.